The van der Waals surface area contributed by atoms with Crippen LogP contribution in [0.15, 0.2) is 41.5 Å². The van der Waals surface area contributed by atoms with E-state index in [0.29, 0.717) is 17.6 Å². The average molecular weight is 534 g/mol. The van der Waals surface area contributed by atoms with Gasteiger partial charge >= 0.3 is 6.18 Å². The van der Waals surface area contributed by atoms with Gasteiger partial charge in [0.1, 0.15) is 24.4 Å². The van der Waals surface area contributed by atoms with Crippen molar-refractivity contribution in [2.75, 3.05) is 18.5 Å². The Balaban J connectivity index is 1.66. The Morgan fingerprint density at radius 2 is 1.92 bits per heavy atom. The molecule has 1 aromatic carbocycles. The lowest BCUT2D eigenvalue weighted by Crippen LogP contribution is -2.30. The first-order valence-electron chi connectivity index (χ1n) is 11.8. The molecule has 1 aliphatic heterocycles. The summed E-state index contributed by atoms with van der Waals surface area (Å²) in [5.41, 5.74) is 0.182. The number of pyridine rings is 1. The van der Waals surface area contributed by atoms with Crippen LogP contribution in [0.4, 0.5) is 33.6 Å². The summed E-state index contributed by atoms with van der Waals surface area (Å²) in [6.07, 6.45) is -1.60. The minimum atomic E-state index is -4.72. The van der Waals surface area contributed by atoms with Gasteiger partial charge in [0.15, 0.2) is 5.65 Å². The monoisotopic (exact) mass is 533 g/mol. The molecule has 0 radical (unpaired) electrons. The highest BCUT2D eigenvalue weighted by molar-refractivity contribution is 5.77. The molecule has 3 aromatic heterocycles. The van der Waals surface area contributed by atoms with Gasteiger partial charge in [-0.25, -0.2) is 18.7 Å². The quantitative estimate of drug-likeness (QED) is 0.359. The van der Waals surface area contributed by atoms with E-state index in [1.165, 1.54) is 24.4 Å². The van der Waals surface area contributed by atoms with Crippen LogP contribution in [0.5, 0.6) is 0 Å². The molecule has 4 heterocycles. The Morgan fingerprint density at radius 3 is 2.66 bits per heavy atom. The zero-order valence-electron chi connectivity index (χ0n) is 20.5. The van der Waals surface area contributed by atoms with Crippen LogP contribution in [-0.2, 0) is 24.9 Å². The average Bonchev–Trinajstić information content (AvgIpc) is 3.13. The van der Waals surface area contributed by atoms with Gasteiger partial charge < -0.3 is 10.6 Å². The Hall–Kier alpha value is -3.87. The third-order valence-corrected chi connectivity index (χ3v) is 6.44. The fourth-order valence-electron chi connectivity index (χ4n) is 4.37. The van der Waals surface area contributed by atoms with Gasteiger partial charge in [-0.3, -0.25) is 14.2 Å². The molecule has 5 rings (SSSR count). The number of nitrogens with zero attached hydrogens (tertiary/aromatic N) is 5. The van der Waals surface area contributed by atoms with Crippen LogP contribution in [0, 0.1) is 5.82 Å². The predicted molar refractivity (Wildman–Crippen MR) is 131 cm³/mol. The van der Waals surface area contributed by atoms with Crippen LogP contribution < -0.4 is 16.2 Å². The van der Waals surface area contributed by atoms with E-state index >= 15 is 0 Å². The number of hydrogen-bond acceptors (Lipinski definition) is 6. The highest BCUT2D eigenvalue weighted by Gasteiger charge is 2.32. The maximum absolute atomic E-state index is 14.8. The van der Waals surface area contributed by atoms with Gasteiger partial charge in [-0.15, -0.1) is 0 Å². The molecule has 38 heavy (non-hydrogen) atoms. The van der Waals surface area contributed by atoms with Gasteiger partial charge in [-0.1, -0.05) is 13.8 Å². The number of benzene rings is 1. The molecule has 0 fully saturated rings. The molecule has 0 saturated carbocycles. The molecule has 0 unspecified atom stereocenters. The fraction of sp³-hybridized carbons (Fsp3) is 0.360. The molecule has 0 bridgehead atoms. The molecule has 0 atom stereocenters. The van der Waals surface area contributed by atoms with E-state index in [1.807, 2.05) is 0 Å². The van der Waals surface area contributed by atoms with E-state index in [1.54, 1.807) is 19.9 Å². The van der Waals surface area contributed by atoms with E-state index < -0.39 is 36.2 Å². The molecule has 0 aliphatic carbocycles. The van der Waals surface area contributed by atoms with E-state index in [4.69, 9.17) is 0 Å². The molecule has 4 aromatic rings. The van der Waals surface area contributed by atoms with Gasteiger partial charge in [0.05, 0.1) is 17.1 Å². The minimum absolute atomic E-state index is 0.101. The third kappa shape index (κ3) is 4.85. The van der Waals surface area contributed by atoms with Gasteiger partial charge in [0, 0.05) is 24.4 Å². The fourth-order valence-corrected chi connectivity index (χ4v) is 4.37. The van der Waals surface area contributed by atoms with E-state index in [9.17, 15) is 26.7 Å². The minimum Gasteiger partial charge on any atom is -0.322 e. The van der Waals surface area contributed by atoms with Crippen molar-refractivity contribution < 1.29 is 22.0 Å². The largest absolute Gasteiger partial charge is 0.408 e. The molecule has 0 amide bonds. The number of alkyl halides is 4. The highest BCUT2D eigenvalue weighted by Crippen LogP contribution is 2.28. The second-order valence-electron chi connectivity index (χ2n) is 9.79. The summed E-state index contributed by atoms with van der Waals surface area (Å²) in [7, 11) is 0. The van der Waals surface area contributed by atoms with Crippen molar-refractivity contribution in [3.63, 3.8) is 0 Å². The van der Waals surface area contributed by atoms with E-state index in [0.717, 1.165) is 28.6 Å². The first kappa shape index (κ1) is 25.8. The molecular formula is C25H24F5N7O. The second kappa shape index (κ2) is 9.46. The van der Waals surface area contributed by atoms with Crippen LogP contribution in [0.1, 0.15) is 30.7 Å². The molecule has 8 nitrogen and oxygen atoms in total. The lowest BCUT2D eigenvalue weighted by Gasteiger charge is -2.21. The maximum Gasteiger partial charge on any atom is 0.408 e. The van der Waals surface area contributed by atoms with Crippen molar-refractivity contribution in [2.45, 2.75) is 44.9 Å². The van der Waals surface area contributed by atoms with Crippen molar-refractivity contribution in [1.82, 2.24) is 29.6 Å². The van der Waals surface area contributed by atoms with Crippen molar-refractivity contribution in [3.8, 4) is 5.69 Å². The number of nitrogens with one attached hydrogen (secondary N) is 2. The van der Waals surface area contributed by atoms with Gasteiger partial charge in [-0.2, -0.15) is 18.2 Å². The van der Waals surface area contributed by atoms with Crippen LogP contribution in [0.2, 0.25) is 0 Å². The summed E-state index contributed by atoms with van der Waals surface area (Å²) in [4.78, 5) is 25.5. The number of anilines is 2. The molecule has 13 heteroatoms. The second-order valence-corrected chi connectivity index (χ2v) is 9.79. The van der Waals surface area contributed by atoms with Crippen molar-refractivity contribution >= 4 is 22.7 Å². The summed E-state index contributed by atoms with van der Waals surface area (Å²) >= 11 is 0. The van der Waals surface area contributed by atoms with Gasteiger partial charge in [0.25, 0.3) is 5.56 Å². The topological polar surface area (TPSA) is 89.7 Å². The van der Waals surface area contributed by atoms with Crippen molar-refractivity contribution in [2.24, 2.45) is 0 Å². The molecule has 0 spiro atoms. The summed E-state index contributed by atoms with van der Waals surface area (Å²) < 4.78 is 70.4. The number of aromatic nitrogens is 5. The van der Waals surface area contributed by atoms with Crippen LogP contribution in [0.25, 0.3) is 16.7 Å². The summed E-state index contributed by atoms with van der Waals surface area (Å²) in [5.74, 6) is -0.656. The highest BCUT2D eigenvalue weighted by atomic mass is 19.4. The Morgan fingerprint density at radius 1 is 1.13 bits per heavy atom. The molecule has 0 saturated heterocycles. The molecular weight excluding hydrogens is 509 g/mol. The maximum atomic E-state index is 14.8. The Bertz CT molecular complexity index is 1580. The van der Waals surface area contributed by atoms with Crippen LogP contribution in [0.3, 0.4) is 0 Å². The Labute approximate surface area is 213 Å². The van der Waals surface area contributed by atoms with Gasteiger partial charge in [0.2, 0.25) is 5.95 Å². The zero-order chi connectivity index (χ0) is 27.2. The standard InChI is InChI=1S/C25H24F5N7O/c1-24(2,12-26)20-9-16(4-6-32-20)37-21-17(22(38)36(37)13-25(28,29)30)11-33-23(35-21)34-19-8-14-3-5-31-10-15(14)7-18(19)27/h4,6-9,11,31H,3,5,10,12-13H2,1-2H3,(H,33,34,35). The zero-order valence-corrected chi connectivity index (χ0v) is 20.5. The van der Waals surface area contributed by atoms with Crippen molar-refractivity contribution in [3.05, 3.63) is 69.7 Å². The smallest absolute Gasteiger partial charge is 0.322 e. The number of halogens is 5. The number of hydrogen-bond donors (Lipinski definition) is 2. The predicted octanol–water partition coefficient (Wildman–Crippen LogP) is 4.32. The lowest BCUT2D eigenvalue weighted by molar-refractivity contribution is -0.144. The summed E-state index contributed by atoms with van der Waals surface area (Å²) in [6.45, 7) is 2.13. The molecule has 1 aliphatic rings. The summed E-state index contributed by atoms with van der Waals surface area (Å²) in [6, 6.07) is 5.87. The Kier molecular flexibility index (Phi) is 6.41. The van der Waals surface area contributed by atoms with Gasteiger partial charge in [-0.05, 0) is 48.4 Å². The first-order valence-corrected chi connectivity index (χ1v) is 11.8. The molecule has 200 valence electrons. The third-order valence-electron chi connectivity index (χ3n) is 6.44. The van der Waals surface area contributed by atoms with Crippen LogP contribution >= 0.6 is 0 Å². The SMILES string of the molecule is CC(C)(CF)c1cc(-n2c3nc(Nc4cc5c(cc4F)CNCC5)ncc3c(=O)n2CC(F)(F)F)ccn1. The summed E-state index contributed by atoms with van der Waals surface area (Å²) in [5, 5.41) is 5.79. The molecule has 2 N–H and O–H groups in total. The van der Waals surface area contributed by atoms with Crippen molar-refractivity contribution in [1.29, 1.82) is 0 Å². The van der Waals surface area contributed by atoms with Crippen LogP contribution in [-0.4, -0.2) is 43.7 Å². The lowest BCUT2D eigenvalue weighted by atomic mass is 9.90. The number of fused-ring (bicyclic) bond motifs is 2. The normalized spacial score (nSPS) is 14.1. The number of rotatable bonds is 6. The van der Waals surface area contributed by atoms with E-state index in [2.05, 4.69) is 25.6 Å². The first-order chi connectivity index (χ1) is 18.0. The van der Waals surface area contributed by atoms with E-state index in [-0.39, 0.29) is 34.1 Å².